The molecule has 1 aliphatic rings. The highest BCUT2D eigenvalue weighted by Crippen LogP contribution is 2.35. The molecule has 1 unspecified atom stereocenters. The van der Waals surface area contributed by atoms with Crippen molar-refractivity contribution in [1.29, 1.82) is 0 Å². The second kappa shape index (κ2) is 5.99. The largest absolute Gasteiger partial charge is 0.328 e. The van der Waals surface area contributed by atoms with E-state index in [-0.39, 0.29) is 12.1 Å². The molecule has 1 aliphatic carbocycles. The number of urea groups is 1. The summed E-state index contributed by atoms with van der Waals surface area (Å²) in [5, 5.41) is 14.7. The second-order valence-corrected chi connectivity index (χ2v) is 5.16. The van der Waals surface area contributed by atoms with Gasteiger partial charge in [-0.15, -0.1) is 5.10 Å². The first-order valence-corrected chi connectivity index (χ1v) is 6.92. The molecule has 2 rings (SSSR count). The number of nitrogens with one attached hydrogen (secondary N) is 1. The van der Waals surface area contributed by atoms with Gasteiger partial charge in [-0.3, -0.25) is 0 Å². The molecule has 7 heteroatoms. The quantitative estimate of drug-likeness (QED) is 0.846. The maximum absolute atomic E-state index is 12.0. The van der Waals surface area contributed by atoms with Crippen molar-refractivity contribution in [2.45, 2.75) is 51.6 Å². The molecular weight excluding hydrogens is 244 g/mol. The number of hydrogen-bond donors (Lipinski definition) is 1. The van der Waals surface area contributed by atoms with Gasteiger partial charge in [-0.05, 0) is 36.6 Å². The van der Waals surface area contributed by atoms with Gasteiger partial charge in [0.15, 0.2) is 5.82 Å². The van der Waals surface area contributed by atoms with E-state index in [2.05, 4.69) is 27.8 Å². The molecule has 1 atom stereocenters. The van der Waals surface area contributed by atoms with Crippen LogP contribution in [-0.2, 0) is 0 Å². The highest BCUT2D eigenvalue weighted by Gasteiger charge is 2.30. The molecule has 1 fully saturated rings. The lowest BCUT2D eigenvalue weighted by Gasteiger charge is -2.20. The zero-order valence-corrected chi connectivity index (χ0v) is 11.8. The van der Waals surface area contributed by atoms with Gasteiger partial charge in [0.1, 0.15) is 0 Å². The van der Waals surface area contributed by atoms with Crippen molar-refractivity contribution in [2.24, 2.45) is 0 Å². The Balaban J connectivity index is 1.90. The summed E-state index contributed by atoms with van der Waals surface area (Å²) >= 11 is 0. The molecule has 2 amide bonds. The Morgan fingerprint density at radius 2 is 2.32 bits per heavy atom. The van der Waals surface area contributed by atoms with E-state index in [1.54, 1.807) is 4.90 Å². The molecule has 0 spiro atoms. The van der Waals surface area contributed by atoms with Gasteiger partial charge < -0.3 is 10.2 Å². The normalized spacial score (nSPS) is 16.2. The first kappa shape index (κ1) is 13.8. The van der Waals surface area contributed by atoms with Crippen molar-refractivity contribution in [2.75, 3.05) is 13.6 Å². The number of rotatable bonds is 6. The van der Waals surface area contributed by atoms with E-state index in [0.717, 1.165) is 38.1 Å². The molecule has 0 aromatic carbocycles. The first-order chi connectivity index (χ1) is 9.13. The van der Waals surface area contributed by atoms with Crippen LogP contribution < -0.4 is 5.32 Å². The average Bonchev–Trinajstić information content (AvgIpc) is 3.12. The van der Waals surface area contributed by atoms with Gasteiger partial charge in [-0.1, -0.05) is 13.3 Å². The summed E-state index contributed by atoms with van der Waals surface area (Å²) in [6.45, 7) is 4.79. The predicted molar refractivity (Wildman–Crippen MR) is 70.6 cm³/mol. The van der Waals surface area contributed by atoms with E-state index < -0.39 is 0 Å². The van der Waals surface area contributed by atoms with Gasteiger partial charge in [0.05, 0.1) is 12.1 Å². The molecular formula is C12H22N6O. The van der Waals surface area contributed by atoms with Crippen molar-refractivity contribution < 1.29 is 4.79 Å². The standard InChI is InChI=1S/C12H22N6O/c1-4-5-8-17(3)12(19)13-9(2)11-14-15-16-18(11)10-6-7-10/h9-10H,4-8H2,1-3H3,(H,13,19). The van der Waals surface area contributed by atoms with Crippen LogP contribution in [0.15, 0.2) is 0 Å². The monoisotopic (exact) mass is 266 g/mol. The maximum atomic E-state index is 12.0. The molecule has 1 aromatic heterocycles. The van der Waals surface area contributed by atoms with Crippen LogP contribution in [0.5, 0.6) is 0 Å². The predicted octanol–water partition coefficient (Wildman–Crippen LogP) is 1.51. The third-order valence-electron chi connectivity index (χ3n) is 3.33. The van der Waals surface area contributed by atoms with Crippen LogP contribution in [-0.4, -0.2) is 44.7 Å². The zero-order chi connectivity index (χ0) is 13.8. The number of tetrazole rings is 1. The fraction of sp³-hybridized carbons (Fsp3) is 0.833. The highest BCUT2D eigenvalue weighted by atomic mass is 16.2. The fourth-order valence-electron chi connectivity index (χ4n) is 1.92. The summed E-state index contributed by atoms with van der Waals surface area (Å²) in [5.74, 6) is 0.736. The molecule has 1 heterocycles. The lowest BCUT2D eigenvalue weighted by molar-refractivity contribution is 0.204. The van der Waals surface area contributed by atoms with Crippen molar-refractivity contribution in [3.8, 4) is 0 Å². The average molecular weight is 266 g/mol. The van der Waals surface area contributed by atoms with Gasteiger partial charge >= 0.3 is 6.03 Å². The molecule has 1 N–H and O–H groups in total. The minimum Gasteiger partial charge on any atom is -0.328 e. The second-order valence-electron chi connectivity index (χ2n) is 5.16. The van der Waals surface area contributed by atoms with Gasteiger partial charge in [0.2, 0.25) is 0 Å². The lowest BCUT2D eigenvalue weighted by atomic mass is 10.3. The van der Waals surface area contributed by atoms with Crippen LogP contribution in [0.25, 0.3) is 0 Å². The van der Waals surface area contributed by atoms with Crippen molar-refractivity contribution in [3.05, 3.63) is 5.82 Å². The number of unbranched alkanes of at least 4 members (excludes halogenated alkanes) is 1. The van der Waals surface area contributed by atoms with Gasteiger partial charge in [-0.25, -0.2) is 9.48 Å². The molecule has 7 nitrogen and oxygen atoms in total. The summed E-state index contributed by atoms with van der Waals surface area (Å²) < 4.78 is 1.83. The van der Waals surface area contributed by atoms with E-state index >= 15 is 0 Å². The molecule has 1 aromatic rings. The lowest BCUT2D eigenvalue weighted by Crippen LogP contribution is -2.39. The Hall–Kier alpha value is -1.66. The smallest absolute Gasteiger partial charge is 0.317 e. The third-order valence-corrected chi connectivity index (χ3v) is 3.33. The molecule has 1 saturated carbocycles. The Kier molecular flexibility index (Phi) is 4.34. The molecule has 19 heavy (non-hydrogen) atoms. The SMILES string of the molecule is CCCCN(C)C(=O)NC(C)c1nnnn1C1CC1. The van der Waals surface area contributed by atoms with Crippen molar-refractivity contribution >= 4 is 6.03 Å². The van der Waals surface area contributed by atoms with E-state index in [0.29, 0.717) is 6.04 Å². The first-order valence-electron chi connectivity index (χ1n) is 6.92. The van der Waals surface area contributed by atoms with E-state index in [4.69, 9.17) is 0 Å². The van der Waals surface area contributed by atoms with Crippen LogP contribution in [0.3, 0.4) is 0 Å². The van der Waals surface area contributed by atoms with Gasteiger partial charge in [0, 0.05) is 13.6 Å². The maximum Gasteiger partial charge on any atom is 0.317 e. The zero-order valence-electron chi connectivity index (χ0n) is 11.8. The molecule has 106 valence electrons. The minimum absolute atomic E-state index is 0.0775. The van der Waals surface area contributed by atoms with Gasteiger partial charge in [-0.2, -0.15) is 0 Å². The molecule has 0 bridgehead atoms. The molecule has 0 aliphatic heterocycles. The van der Waals surface area contributed by atoms with Crippen molar-refractivity contribution in [1.82, 2.24) is 30.4 Å². The van der Waals surface area contributed by atoms with E-state index in [1.165, 1.54) is 0 Å². The highest BCUT2D eigenvalue weighted by molar-refractivity contribution is 5.74. The topological polar surface area (TPSA) is 75.9 Å². The summed E-state index contributed by atoms with van der Waals surface area (Å²) in [5.41, 5.74) is 0. The molecule has 0 radical (unpaired) electrons. The third kappa shape index (κ3) is 3.42. The van der Waals surface area contributed by atoms with Crippen LogP contribution in [0.2, 0.25) is 0 Å². The van der Waals surface area contributed by atoms with Crippen molar-refractivity contribution in [3.63, 3.8) is 0 Å². The fourth-order valence-corrected chi connectivity index (χ4v) is 1.92. The Bertz CT molecular complexity index is 428. The number of amides is 2. The summed E-state index contributed by atoms with van der Waals surface area (Å²) in [4.78, 5) is 13.7. The Morgan fingerprint density at radius 1 is 1.58 bits per heavy atom. The number of hydrogen-bond acceptors (Lipinski definition) is 4. The number of aromatic nitrogens is 4. The Morgan fingerprint density at radius 3 is 2.95 bits per heavy atom. The van der Waals surface area contributed by atoms with E-state index in [9.17, 15) is 4.79 Å². The summed E-state index contributed by atoms with van der Waals surface area (Å²) in [6.07, 6.45) is 4.33. The van der Waals surface area contributed by atoms with Crippen LogP contribution >= 0.6 is 0 Å². The Labute approximate surface area is 113 Å². The summed E-state index contributed by atoms with van der Waals surface area (Å²) in [7, 11) is 1.81. The molecule has 0 saturated heterocycles. The van der Waals surface area contributed by atoms with E-state index in [1.807, 2.05) is 18.7 Å². The number of nitrogens with zero attached hydrogens (tertiary/aromatic N) is 5. The van der Waals surface area contributed by atoms with Crippen LogP contribution in [0.4, 0.5) is 4.79 Å². The summed E-state index contributed by atoms with van der Waals surface area (Å²) in [6, 6.07) is 0.167. The number of carbonyl (C=O) groups excluding carboxylic acids is 1. The minimum atomic E-state index is -0.174. The van der Waals surface area contributed by atoms with Crippen LogP contribution in [0.1, 0.15) is 57.4 Å². The number of carbonyl (C=O) groups is 1. The van der Waals surface area contributed by atoms with Crippen LogP contribution in [0, 0.1) is 0 Å². The van der Waals surface area contributed by atoms with Gasteiger partial charge in [0.25, 0.3) is 0 Å².